The van der Waals surface area contributed by atoms with E-state index < -0.39 is 0 Å². The van der Waals surface area contributed by atoms with E-state index in [9.17, 15) is 0 Å². The summed E-state index contributed by atoms with van der Waals surface area (Å²) in [5.74, 6) is 2.22. The molecule has 0 amide bonds. The summed E-state index contributed by atoms with van der Waals surface area (Å²) in [7, 11) is 3.52. The molecular weight excluding hydrogens is 316 g/mol. The Morgan fingerprint density at radius 3 is 1.48 bits per heavy atom. The van der Waals surface area contributed by atoms with Crippen molar-refractivity contribution in [3.63, 3.8) is 0 Å². The average molecular weight is 337 g/mol. The molecule has 2 rings (SSSR count). The van der Waals surface area contributed by atoms with Crippen molar-refractivity contribution in [3.05, 3.63) is 25.3 Å². The van der Waals surface area contributed by atoms with Gasteiger partial charge in [-0.3, -0.25) is 0 Å². The van der Waals surface area contributed by atoms with E-state index in [1.165, 1.54) is 0 Å². The third kappa shape index (κ3) is 4.19. The maximum Gasteiger partial charge on any atom is 0.225 e. The number of hydrogen-bond acceptors (Lipinski definition) is 8. The largest absolute Gasteiger partial charge is 0.365 e. The second-order valence-electron chi connectivity index (χ2n) is 4.33. The van der Waals surface area contributed by atoms with Crippen LogP contribution in [-0.2, 0) is 0 Å². The lowest BCUT2D eigenvalue weighted by atomic mass is 10.3. The molecule has 9 heteroatoms. The SMILES string of the molecule is C=CCNc1nc(NC)nc2c(NCC=C)nc(NC)nc12.Cl. The molecule has 8 nitrogen and oxygen atoms in total. The van der Waals surface area contributed by atoms with Gasteiger partial charge >= 0.3 is 0 Å². The monoisotopic (exact) mass is 336 g/mol. The summed E-state index contributed by atoms with van der Waals surface area (Å²) in [6.07, 6.45) is 3.51. The van der Waals surface area contributed by atoms with Crippen molar-refractivity contribution in [3.8, 4) is 0 Å². The summed E-state index contributed by atoms with van der Waals surface area (Å²) < 4.78 is 0. The van der Waals surface area contributed by atoms with Crippen LogP contribution >= 0.6 is 12.4 Å². The number of nitrogens with one attached hydrogen (secondary N) is 4. The molecule has 0 unspecified atom stereocenters. The first-order valence-electron chi connectivity index (χ1n) is 6.88. The van der Waals surface area contributed by atoms with E-state index in [1.807, 2.05) is 0 Å². The molecule has 23 heavy (non-hydrogen) atoms. The van der Waals surface area contributed by atoms with Crippen LogP contribution in [0, 0.1) is 0 Å². The fraction of sp³-hybridized carbons (Fsp3) is 0.286. The summed E-state index contributed by atoms with van der Waals surface area (Å²) in [6, 6.07) is 0. The van der Waals surface area contributed by atoms with Crippen molar-refractivity contribution in [2.45, 2.75) is 0 Å². The lowest BCUT2D eigenvalue weighted by molar-refractivity contribution is 1.11. The first kappa shape index (κ1) is 18.4. The highest BCUT2D eigenvalue weighted by Crippen LogP contribution is 2.26. The smallest absolute Gasteiger partial charge is 0.225 e. The third-order valence-electron chi connectivity index (χ3n) is 2.82. The minimum absolute atomic E-state index is 0. The van der Waals surface area contributed by atoms with Crippen molar-refractivity contribution in [1.82, 2.24) is 19.9 Å². The van der Waals surface area contributed by atoms with Gasteiger partial charge in [0.25, 0.3) is 0 Å². The van der Waals surface area contributed by atoms with E-state index in [1.54, 1.807) is 26.2 Å². The Labute approximate surface area is 141 Å². The zero-order chi connectivity index (χ0) is 15.9. The first-order valence-corrected chi connectivity index (χ1v) is 6.88. The van der Waals surface area contributed by atoms with Crippen LogP contribution in [0.1, 0.15) is 0 Å². The molecule has 2 aromatic heterocycles. The van der Waals surface area contributed by atoms with Crippen molar-refractivity contribution in [2.75, 3.05) is 48.5 Å². The Morgan fingerprint density at radius 1 is 0.783 bits per heavy atom. The number of hydrogen-bond donors (Lipinski definition) is 4. The van der Waals surface area contributed by atoms with Crippen molar-refractivity contribution < 1.29 is 0 Å². The molecule has 0 aliphatic carbocycles. The molecule has 0 aliphatic heterocycles. The summed E-state index contributed by atoms with van der Waals surface area (Å²) in [5, 5.41) is 12.2. The number of aromatic nitrogens is 4. The summed E-state index contributed by atoms with van der Waals surface area (Å²) in [4.78, 5) is 17.7. The Bertz CT molecular complexity index is 629. The predicted octanol–water partition coefficient (Wildman–Crippen LogP) is 2.12. The van der Waals surface area contributed by atoms with Gasteiger partial charge in [0.05, 0.1) is 0 Å². The van der Waals surface area contributed by atoms with E-state index >= 15 is 0 Å². The van der Waals surface area contributed by atoms with Crippen molar-refractivity contribution in [2.24, 2.45) is 0 Å². The van der Waals surface area contributed by atoms with Crippen LogP contribution in [0.2, 0.25) is 0 Å². The molecule has 0 radical (unpaired) electrons. The molecule has 124 valence electrons. The highest BCUT2D eigenvalue weighted by molar-refractivity contribution is 5.94. The molecule has 0 aromatic carbocycles. The van der Waals surface area contributed by atoms with Gasteiger partial charge in [-0.2, -0.15) is 9.97 Å². The summed E-state index contributed by atoms with van der Waals surface area (Å²) in [6.45, 7) is 8.55. The molecule has 0 atom stereocenters. The average Bonchev–Trinajstić information content (AvgIpc) is 2.56. The van der Waals surface area contributed by atoms with Crippen LogP contribution in [-0.4, -0.2) is 47.1 Å². The van der Waals surface area contributed by atoms with Gasteiger partial charge in [0.2, 0.25) is 11.9 Å². The molecule has 0 fully saturated rings. The van der Waals surface area contributed by atoms with Gasteiger partial charge in [-0.1, -0.05) is 12.2 Å². The molecule has 0 spiro atoms. The minimum atomic E-state index is 0. The maximum atomic E-state index is 4.45. The topological polar surface area (TPSA) is 99.7 Å². The molecule has 2 aromatic rings. The Morgan fingerprint density at radius 2 is 1.17 bits per heavy atom. The molecule has 4 N–H and O–H groups in total. The van der Waals surface area contributed by atoms with Gasteiger partial charge in [0.1, 0.15) is 11.0 Å². The lowest BCUT2D eigenvalue weighted by Gasteiger charge is -2.13. The predicted molar refractivity (Wildman–Crippen MR) is 98.8 cm³/mol. The molecule has 0 saturated carbocycles. The number of fused-ring (bicyclic) bond motifs is 1. The fourth-order valence-electron chi connectivity index (χ4n) is 1.82. The number of nitrogens with zero attached hydrogens (tertiary/aromatic N) is 4. The lowest BCUT2D eigenvalue weighted by Crippen LogP contribution is -2.11. The standard InChI is InChI=1S/C14H20N8.ClH/c1-5-7-17-11-9-10(20-13(15-3)21-11)12(18-8-6-2)22-14(16-4)19-9;/h5-6H,1-2,7-8H2,3-4H3,(H2,15,17,20,21)(H2,16,18,19,22);1H. The Kier molecular flexibility index (Phi) is 7.01. The van der Waals surface area contributed by atoms with Crippen LogP contribution in [0.5, 0.6) is 0 Å². The molecule has 0 bridgehead atoms. The van der Waals surface area contributed by atoms with Crippen LogP contribution in [0.4, 0.5) is 23.5 Å². The normalized spacial score (nSPS) is 9.65. The highest BCUT2D eigenvalue weighted by atomic mass is 35.5. The van der Waals surface area contributed by atoms with Gasteiger partial charge in [-0.25, -0.2) is 9.97 Å². The van der Waals surface area contributed by atoms with Gasteiger partial charge in [0, 0.05) is 27.2 Å². The van der Waals surface area contributed by atoms with Crippen molar-refractivity contribution in [1.29, 1.82) is 0 Å². The minimum Gasteiger partial charge on any atom is -0.365 e. The second kappa shape index (κ2) is 8.74. The molecule has 0 saturated heterocycles. The number of halogens is 1. The van der Waals surface area contributed by atoms with E-state index in [0.717, 1.165) is 0 Å². The van der Waals surface area contributed by atoms with Gasteiger partial charge in [0.15, 0.2) is 11.6 Å². The number of anilines is 4. The zero-order valence-corrected chi connectivity index (χ0v) is 14.0. The second-order valence-corrected chi connectivity index (χ2v) is 4.33. The van der Waals surface area contributed by atoms with E-state index in [4.69, 9.17) is 0 Å². The van der Waals surface area contributed by atoms with Crippen LogP contribution in [0.3, 0.4) is 0 Å². The van der Waals surface area contributed by atoms with Crippen LogP contribution in [0.25, 0.3) is 11.0 Å². The quantitative estimate of drug-likeness (QED) is 0.544. The van der Waals surface area contributed by atoms with E-state index in [0.29, 0.717) is 47.7 Å². The van der Waals surface area contributed by atoms with Crippen molar-refractivity contribution >= 4 is 47.0 Å². The third-order valence-corrected chi connectivity index (χ3v) is 2.82. The summed E-state index contributed by atoms with van der Waals surface area (Å²) >= 11 is 0. The van der Waals surface area contributed by atoms with E-state index in [2.05, 4.69) is 54.4 Å². The zero-order valence-electron chi connectivity index (χ0n) is 13.2. The number of rotatable bonds is 8. The molecule has 2 heterocycles. The van der Waals surface area contributed by atoms with Crippen LogP contribution < -0.4 is 21.3 Å². The summed E-state index contributed by atoms with van der Waals surface area (Å²) in [5.41, 5.74) is 1.26. The van der Waals surface area contributed by atoms with Crippen LogP contribution in [0.15, 0.2) is 25.3 Å². The first-order chi connectivity index (χ1) is 10.7. The van der Waals surface area contributed by atoms with Gasteiger partial charge in [-0.15, -0.1) is 25.6 Å². The molecule has 0 aliphatic rings. The van der Waals surface area contributed by atoms with Gasteiger partial charge in [-0.05, 0) is 0 Å². The highest BCUT2D eigenvalue weighted by Gasteiger charge is 2.14. The Hall–Kier alpha value is -2.61. The molecular formula is C14H21ClN8. The maximum absolute atomic E-state index is 4.45. The Balaban J connectivity index is 0.00000264. The van der Waals surface area contributed by atoms with E-state index in [-0.39, 0.29) is 12.4 Å². The fourth-order valence-corrected chi connectivity index (χ4v) is 1.82. The van der Waals surface area contributed by atoms with Gasteiger partial charge < -0.3 is 21.3 Å².